The summed E-state index contributed by atoms with van der Waals surface area (Å²) in [6.07, 6.45) is 0. The van der Waals surface area contributed by atoms with Crippen molar-refractivity contribution in [1.82, 2.24) is 0 Å². The van der Waals surface area contributed by atoms with Crippen LogP contribution in [0.2, 0.25) is 0 Å². The fourth-order valence-corrected chi connectivity index (χ4v) is 8.40. The average Bonchev–Trinajstić information content (AvgIpc) is 3.33. The molecule has 0 amide bonds. The molecule has 0 N–H and O–H groups in total. The van der Waals surface area contributed by atoms with Crippen molar-refractivity contribution in [3.05, 3.63) is 249 Å². The Labute approximate surface area is 346 Å². The minimum atomic E-state index is 1.09. The Hall–Kier alpha value is -7.74. The zero-order valence-electron chi connectivity index (χ0n) is 32.6. The molecule has 0 heterocycles. The lowest BCUT2D eigenvalue weighted by Gasteiger charge is -2.30. The van der Waals surface area contributed by atoms with E-state index in [1.54, 1.807) is 0 Å². The Morgan fingerprint density at radius 2 is 0.644 bits per heavy atom. The van der Waals surface area contributed by atoms with E-state index in [4.69, 9.17) is 0 Å². The molecule has 59 heavy (non-hydrogen) atoms. The first kappa shape index (κ1) is 35.7. The molecule has 0 bridgehead atoms. The number of hydrogen-bond donors (Lipinski definition) is 0. The van der Waals surface area contributed by atoms with Gasteiger partial charge in [-0.1, -0.05) is 218 Å². The molecule has 0 aliphatic heterocycles. The highest BCUT2D eigenvalue weighted by atomic mass is 15.1. The van der Waals surface area contributed by atoms with Gasteiger partial charge in [0.25, 0.3) is 0 Å². The van der Waals surface area contributed by atoms with E-state index in [2.05, 4.69) is 254 Å². The van der Waals surface area contributed by atoms with Gasteiger partial charge in [0.2, 0.25) is 0 Å². The van der Waals surface area contributed by atoms with Crippen LogP contribution in [-0.2, 0) is 0 Å². The molecular weight excluding hydrogens is 711 g/mol. The van der Waals surface area contributed by atoms with E-state index in [1.807, 2.05) is 0 Å². The zero-order chi connectivity index (χ0) is 39.4. The van der Waals surface area contributed by atoms with Gasteiger partial charge in [-0.05, 0) is 96.9 Å². The van der Waals surface area contributed by atoms with E-state index in [0.717, 1.165) is 22.6 Å². The van der Waals surface area contributed by atoms with Gasteiger partial charge in [0.05, 0.1) is 11.4 Å². The molecule has 0 aliphatic carbocycles. The topological polar surface area (TPSA) is 3.24 Å². The molecule has 0 atom stereocenters. The highest BCUT2D eigenvalue weighted by Crippen LogP contribution is 2.47. The van der Waals surface area contributed by atoms with Crippen molar-refractivity contribution < 1.29 is 0 Å². The van der Waals surface area contributed by atoms with Gasteiger partial charge in [-0.2, -0.15) is 0 Å². The second-order valence-corrected chi connectivity index (χ2v) is 14.9. The molecule has 0 unspecified atom stereocenters. The molecule has 0 spiro atoms. The summed E-state index contributed by atoms with van der Waals surface area (Å²) < 4.78 is 0. The number of rotatable bonds is 9. The third-order valence-corrected chi connectivity index (χ3v) is 11.3. The van der Waals surface area contributed by atoms with Crippen LogP contribution < -0.4 is 4.90 Å². The van der Waals surface area contributed by atoms with Crippen molar-refractivity contribution in [2.45, 2.75) is 0 Å². The molecule has 0 aliphatic rings. The Bertz CT molecular complexity index is 3000. The van der Waals surface area contributed by atoms with Crippen LogP contribution in [0.3, 0.4) is 0 Å². The summed E-state index contributed by atoms with van der Waals surface area (Å²) in [5.41, 5.74) is 17.6. The highest BCUT2D eigenvalue weighted by Gasteiger charge is 2.22. The summed E-state index contributed by atoms with van der Waals surface area (Å²) in [6, 6.07) is 89.9. The van der Waals surface area contributed by atoms with Gasteiger partial charge in [-0.15, -0.1) is 0 Å². The minimum absolute atomic E-state index is 1.09. The van der Waals surface area contributed by atoms with E-state index < -0.39 is 0 Å². The molecule has 0 saturated heterocycles. The fraction of sp³-hybridized carbons (Fsp3) is 0. The molecule has 1 nitrogen and oxygen atoms in total. The van der Waals surface area contributed by atoms with Gasteiger partial charge in [0.15, 0.2) is 0 Å². The minimum Gasteiger partial charge on any atom is -0.309 e. The summed E-state index contributed by atoms with van der Waals surface area (Å²) in [7, 11) is 0. The third kappa shape index (κ3) is 7.12. The van der Waals surface area contributed by atoms with Gasteiger partial charge in [0, 0.05) is 16.6 Å². The molecule has 0 aromatic heterocycles. The van der Waals surface area contributed by atoms with Crippen molar-refractivity contribution >= 4 is 27.8 Å². The first-order valence-electron chi connectivity index (χ1n) is 20.3. The van der Waals surface area contributed by atoms with Crippen molar-refractivity contribution in [3.63, 3.8) is 0 Å². The monoisotopic (exact) mass is 751 g/mol. The number of para-hydroxylation sites is 1. The quantitative estimate of drug-likeness (QED) is 0.142. The molecule has 278 valence electrons. The SMILES string of the molecule is c1ccc(-c2ccc(-c3ccc(N(c4ccccc4-c4ccc(-c5ccccc5)cc4-c4ccccc4-c4ccccc4)c4cccc5ccccc45)cc3)cc2)cc1. The second kappa shape index (κ2) is 16.0. The molecule has 10 aromatic rings. The lowest BCUT2D eigenvalue weighted by molar-refractivity contribution is 1.30. The predicted octanol–water partition coefficient (Wildman–Crippen LogP) is 16.3. The summed E-state index contributed by atoms with van der Waals surface area (Å²) in [5.74, 6) is 0. The maximum absolute atomic E-state index is 2.44. The smallest absolute Gasteiger partial charge is 0.0540 e. The van der Waals surface area contributed by atoms with Crippen LogP contribution in [0.1, 0.15) is 0 Å². The molecular formula is C58H41N. The van der Waals surface area contributed by atoms with Crippen LogP contribution in [-0.4, -0.2) is 0 Å². The van der Waals surface area contributed by atoms with Gasteiger partial charge in [-0.3, -0.25) is 0 Å². The number of fused-ring (bicyclic) bond motifs is 1. The number of anilines is 3. The summed E-state index contributed by atoms with van der Waals surface area (Å²) in [4.78, 5) is 2.44. The number of benzene rings is 10. The Balaban J connectivity index is 1.15. The van der Waals surface area contributed by atoms with Crippen molar-refractivity contribution in [1.29, 1.82) is 0 Å². The Kier molecular flexibility index (Phi) is 9.68. The summed E-state index contributed by atoms with van der Waals surface area (Å²) in [5, 5.41) is 2.40. The second-order valence-electron chi connectivity index (χ2n) is 14.9. The molecule has 0 saturated carbocycles. The highest BCUT2D eigenvalue weighted by molar-refractivity contribution is 6.03. The predicted molar refractivity (Wildman–Crippen MR) is 251 cm³/mol. The third-order valence-electron chi connectivity index (χ3n) is 11.3. The molecule has 1 heteroatoms. The first-order valence-corrected chi connectivity index (χ1v) is 20.3. The van der Waals surface area contributed by atoms with Crippen LogP contribution in [0.15, 0.2) is 249 Å². The van der Waals surface area contributed by atoms with Crippen molar-refractivity contribution in [2.24, 2.45) is 0 Å². The van der Waals surface area contributed by atoms with Gasteiger partial charge in [0.1, 0.15) is 0 Å². The van der Waals surface area contributed by atoms with E-state index in [0.29, 0.717) is 0 Å². The molecule has 10 aromatic carbocycles. The maximum Gasteiger partial charge on any atom is 0.0540 e. The van der Waals surface area contributed by atoms with Crippen molar-refractivity contribution in [3.8, 4) is 66.8 Å². The van der Waals surface area contributed by atoms with Gasteiger partial charge < -0.3 is 4.90 Å². The van der Waals surface area contributed by atoms with Crippen LogP contribution in [0.5, 0.6) is 0 Å². The van der Waals surface area contributed by atoms with Crippen LogP contribution in [0.4, 0.5) is 17.1 Å². The Morgan fingerprint density at radius 1 is 0.220 bits per heavy atom. The Morgan fingerprint density at radius 3 is 1.31 bits per heavy atom. The first-order chi connectivity index (χ1) is 29.3. The van der Waals surface area contributed by atoms with Gasteiger partial charge in [-0.25, -0.2) is 0 Å². The maximum atomic E-state index is 2.44. The van der Waals surface area contributed by atoms with Crippen molar-refractivity contribution in [2.75, 3.05) is 4.90 Å². The normalized spacial score (nSPS) is 11.1. The summed E-state index contributed by atoms with van der Waals surface area (Å²) in [6.45, 7) is 0. The molecule has 10 rings (SSSR count). The van der Waals surface area contributed by atoms with E-state index in [-0.39, 0.29) is 0 Å². The average molecular weight is 752 g/mol. The van der Waals surface area contributed by atoms with Crippen LogP contribution in [0.25, 0.3) is 77.5 Å². The van der Waals surface area contributed by atoms with E-state index in [1.165, 1.54) is 72.0 Å². The van der Waals surface area contributed by atoms with Gasteiger partial charge >= 0.3 is 0 Å². The standard InChI is InChI=1S/C58H41N/c1-4-17-42(18-5-1)44-31-33-45(34-32-44)46-35-38-50(39-36-46)59(57-30-16-24-48-23-10-11-26-52(48)57)58-29-15-14-28-55(58)54-40-37-49(43-19-6-2-7-20-43)41-56(54)53-27-13-12-25-51(53)47-21-8-3-9-22-47/h1-41H. The largest absolute Gasteiger partial charge is 0.309 e. The van der Waals surface area contributed by atoms with Crippen LogP contribution >= 0.6 is 0 Å². The summed E-state index contributed by atoms with van der Waals surface area (Å²) >= 11 is 0. The lowest BCUT2D eigenvalue weighted by atomic mass is 9.86. The number of nitrogens with zero attached hydrogens (tertiary/aromatic N) is 1. The number of hydrogen-bond acceptors (Lipinski definition) is 1. The van der Waals surface area contributed by atoms with E-state index >= 15 is 0 Å². The molecule has 0 radical (unpaired) electrons. The lowest BCUT2D eigenvalue weighted by Crippen LogP contribution is -2.12. The van der Waals surface area contributed by atoms with Crippen LogP contribution in [0, 0.1) is 0 Å². The molecule has 0 fully saturated rings. The fourth-order valence-electron chi connectivity index (χ4n) is 8.40. The zero-order valence-corrected chi connectivity index (χ0v) is 32.6. The van der Waals surface area contributed by atoms with E-state index in [9.17, 15) is 0 Å².